The zero-order valence-electron chi connectivity index (χ0n) is 10.8. The molecule has 0 fully saturated rings. The summed E-state index contributed by atoms with van der Waals surface area (Å²) < 4.78 is 0. The van der Waals surface area contributed by atoms with Crippen molar-refractivity contribution in [2.75, 3.05) is 0 Å². The van der Waals surface area contributed by atoms with Crippen molar-refractivity contribution in [2.45, 2.75) is 51.4 Å². The molecule has 0 radical (unpaired) electrons. The quantitative estimate of drug-likeness (QED) is 0.467. The van der Waals surface area contributed by atoms with Gasteiger partial charge in [0.15, 0.2) is 0 Å². The predicted molar refractivity (Wildman–Crippen MR) is 75.1 cm³/mol. The van der Waals surface area contributed by atoms with Crippen LogP contribution in [0.1, 0.15) is 50.5 Å². The van der Waals surface area contributed by atoms with Gasteiger partial charge in [0.2, 0.25) is 0 Å². The maximum absolute atomic E-state index is 2.37. The minimum atomic E-state index is 0.983. The third kappa shape index (κ3) is 4.77. The minimum Gasteiger partial charge on any atom is -0.0885 e. The predicted octanol–water partition coefficient (Wildman–Crippen LogP) is 5.15. The molecule has 1 aromatic rings. The normalized spacial score (nSPS) is 19.4. The Balaban J connectivity index is 1.53. The fraction of sp³-hybridized carbons (Fsp3) is 0.529. The molecule has 0 heteroatoms. The van der Waals surface area contributed by atoms with Crippen LogP contribution in [0, 0.1) is 5.92 Å². The highest BCUT2D eigenvalue weighted by atomic mass is 14.1. The van der Waals surface area contributed by atoms with E-state index in [4.69, 9.17) is 0 Å². The molecule has 1 aliphatic carbocycles. The van der Waals surface area contributed by atoms with Crippen LogP contribution in [-0.2, 0) is 6.42 Å². The number of aryl methyl sites for hydroxylation is 1. The van der Waals surface area contributed by atoms with Gasteiger partial charge < -0.3 is 0 Å². The molecular formula is C17H24. The van der Waals surface area contributed by atoms with E-state index in [-0.39, 0.29) is 0 Å². The average molecular weight is 228 g/mol. The van der Waals surface area contributed by atoms with Crippen molar-refractivity contribution in [2.24, 2.45) is 5.92 Å². The Morgan fingerprint density at radius 1 is 0.941 bits per heavy atom. The fourth-order valence-corrected chi connectivity index (χ4v) is 2.70. The second-order valence-electron chi connectivity index (χ2n) is 5.24. The van der Waals surface area contributed by atoms with Gasteiger partial charge in [-0.3, -0.25) is 0 Å². The summed E-state index contributed by atoms with van der Waals surface area (Å²) >= 11 is 0. The molecule has 0 saturated heterocycles. The van der Waals surface area contributed by atoms with Gasteiger partial charge in [-0.2, -0.15) is 0 Å². The van der Waals surface area contributed by atoms with Crippen molar-refractivity contribution >= 4 is 0 Å². The zero-order chi connectivity index (χ0) is 11.8. The molecule has 92 valence electrons. The lowest BCUT2D eigenvalue weighted by Gasteiger charge is -2.17. The number of hydrogen-bond acceptors (Lipinski definition) is 0. The third-order valence-electron chi connectivity index (χ3n) is 3.80. The summed E-state index contributed by atoms with van der Waals surface area (Å²) in [6, 6.07) is 10.9. The molecule has 1 aliphatic rings. The van der Waals surface area contributed by atoms with Crippen molar-refractivity contribution in [1.29, 1.82) is 0 Å². The standard InChI is InChI=1S/C17H24/c1-4-10-16(11-5-1)14-8-3-9-15-17-12-6-2-7-13-17/h1-2,4-6,10-11,17H,3,7-9,12-15H2. The van der Waals surface area contributed by atoms with E-state index in [1.165, 1.54) is 56.9 Å². The first-order valence-corrected chi connectivity index (χ1v) is 7.14. The summed E-state index contributed by atoms with van der Waals surface area (Å²) in [7, 11) is 0. The summed E-state index contributed by atoms with van der Waals surface area (Å²) in [5.41, 5.74) is 1.49. The summed E-state index contributed by atoms with van der Waals surface area (Å²) in [6.07, 6.45) is 15.7. The maximum atomic E-state index is 2.37. The van der Waals surface area contributed by atoms with Crippen molar-refractivity contribution in [3.05, 3.63) is 48.0 Å². The smallest absolute Gasteiger partial charge is 0.0279 e. The number of rotatable bonds is 6. The van der Waals surface area contributed by atoms with Crippen LogP contribution in [0.25, 0.3) is 0 Å². The van der Waals surface area contributed by atoms with Crippen molar-refractivity contribution in [3.8, 4) is 0 Å². The molecule has 0 aliphatic heterocycles. The number of unbranched alkanes of at least 4 members (excludes halogenated alkanes) is 2. The van der Waals surface area contributed by atoms with E-state index in [0.29, 0.717) is 0 Å². The van der Waals surface area contributed by atoms with E-state index in [1.54, 1.807) is 0 Å². The minimum absolute atomic E-state index is 0.983. The van der Waals surface area contributed by atoms with Crippen LogP contribution in [0.5, 0.6) is 0 Å². The van der Waals surface area contributed by atoms with E-state index < -0.39 is 0 Å². The highest BCUT2D eigenvalue weighted by Crippen LogP contribution is 2.23. The topological polar surface area (TPSA) is 0 Å². The monoisotopic (exact) mass is 228 g/mol. The van der Waals surface area contributed by atoms with Crippen LogP contribution < -0.4 is 0 Å². The van der Waals surface area contributed by atoms with Gasteiger partial charge in [-0.05, 0) is 43.6 Å². The van der Waals surface area contributed by atoms with E-state index in [1.807, 2.05) is 0 Å². The molecule has 0 heterocycles. The summed E-state index contributed by atoms with van der Waals surface area (Å²) in [6.45, 7) is 0. The SMILES string of the molecule is C1=CCC(CCCCCc2ccccc2)CC1. The Hall–Kier alpha value is -1.04. The molecule has 0 spiro atoms. The molecule has 1 unspecified atom stereocenters. The lowest BCUT2D eigenvalue weighted by atomic mass is 9.89. The molecule has 0 aromatic heterocycles. The Bertz CT molecular complexity index is 323. The first-order valence-electron chi connectivity index (χ1n) is 7.14. The van der Waals surface area contributed by atoms with Gasteiger partial charge in [-0.15, -0.1) is 0 Å². The first-order chi connectivity index (χ1) is 8.45. The van der Waals surface area contributed by atoms with Crippen molar-refractivity contribution in [1.82, 2.24) is 0 Å². The molecule has 0 N–H and O–H groups in total. The molecule has 0 nitrogen and oxygen atoms in total. The van der Waals surface area contributed by atoms with Crippen LogP contribution in [0.15, 0.2) is 42.5 Å². The van der Waals surface area contributed by atoms with Gasteiger partial charge in [0.25, 0.3) is 0 Å². The third-order valence-corrected chi connectivity index (χ3v) is 3.80. The van der Waals surface area contributed by atoms with Crippen LogP contribution >= 0.6 is 0 Å². The average Bonchev–Trinajstić information content (AvgIpc) is 2.41. The van der Waals surface area contributed by atoms with Crippen molar-refractivity contribution in [3.63, 3.8) is 0 Å². The summed E-state index contributed by atoms with van der Waals surface area (Å²) in [4.78, 5) is 0. The second-order valence-corrected chi connectivity index (χ2v) is 5.24. The van der Waals surface area contributed by atoms with Gasteiger partial charge >= 0.3 is 0 Å². The number of hydrogen-bond donors (Lipinski definition) is 0. The van der Waals surface area contributed by atoms with Gasteiger partial charge in [0, 0.05) is 0 Å². The van der Waals surface area contributed by atoms with E-state index in [2.05, 4.69) is 42.5 Å². The first kappa shape index (κ1) is 12.4. The maximum Gasteiger partial charge on any atom is -0.0279 e. The van der Waals surface area contributed by atoms with Gasteiger partial charge in [0.05, 0.1) is 0 Å². The van der Waals surface area contributed by atoms with Gasteiger partial charge in [-0.1, -0.05) is 61.7 Å². The lowest BCUT2D eigenvalue weighted by molar-refractivity contribution is 0.422. The highest BCUT2D eigenvalue weighted by Gasteiger charge is 2.08. The van der Waals surface area contributed by atoms with Crippen molar-refractivity contribution < 1.29 is 0 Å². The molecule has 1 atom stereocenters. The van der Waals surface area contributed by atoms with E-state index >= 15 is 0 Å². The van der Waals surface area contributed by atoms with Crippen LogP contribution in [0.4, 0.5) is 0 Å². The van der Waals surface area contributed by atoms with E-state index in [9.17, 15) is 0 Å². The largest absolute Gasteiger partial charge is 0.0885 e. The Morgan fingerprint density at radius 2 is 1.82 bits per heavy atom. The highest BCUT2D eigenvalue weighted by molar-refractivity contribution is 5.14. The van der Waals surface area contributed by atoms with Crippen LogP contribution in [0.2, 0.25) is 0 Å². The number of allylic oxidation sites excluding steroid dienone is 2. The summed E-state index contributed by atoms with van der Waals surface area (Å²) in [5, 5.41) is 0. The Kier molecular flexibility index (Phi) is 5.35. The van der Waals surface area contributed by atoms with Crippen LogP contribution in [-0.4, -0.2) is 0 Å². The molecule has 2 rings (SSSR count). The fourth-order valence-electron chi connectivity index (χ4n) is 2.70. The molecule has 0 saturated carbocycles. The zero-order valence-corrected chi connectivity index (χ0v) is 10.8. The molecule has 1 aromatic carbocycles. The molecule has 0 bridgehead atoms. The van der Waals surface area contributed by atoms with Gasteiger partial charge in [0.1, 0.15) is 0 Å². The Morgan fingerprint density at radius 3 is 2.59 bits per heavy atom. The number of benzene rings is 1. The lowest BCUT2D eigenvalue weighted by Crippen LogP contribution is -2.02. The molecular weight excluding hydrogens is 204 g/mol. The van der Waals surface area contributed by atoms with Crippen LogP contribution in [0.3, 0.4) is 0 Å². The molecule has 0 amide bonds. The molecule has 17 heavy (non-hydrogen) atoms. The summed E-state index contributed by atoms with van der Waals surface area (Å²) in [5.74, 6) is 0.983. The Labute approximate surface area is 106 Å². The van der Waals surface area contributed by atoms with E-state index in [0.717, 1.165) is 5.92 Å². The second kappa shape index (κ2) is 7.32. The van der Waals surface area contributed by atoms with Gasteiger partial charge in [-0.25, -0.2) is 0 Å².